The molecule has 0 bridgehead atoms. The summed E-state index contributed by atoms with van der Waals surface area (Å²) < 4.78 is 145. The molecule has 0 saturated carbocycles. The van der Waals surface area contributed by atoms with Gasteiger partial charge < -0.3 is 9.04 Å². The van der Waals surface area contributed by atoms with E-state index < -0.39 is 52.7 Å². The normalized spacial score (nSPS) is 13.3. The SMILES string of the molecule is C=CC[N+](CC=C)(CC=C)CC=C.O=S(=O)([O-])C(F)(F)C(F)(F)C(F)(F)CCCCCCCCC(F)(F)F. The van der Waals surface area contributed by atoms with E-state index in [2.05, 4.69) is 26.3 Å². The number of nitrogens with zero attached hydrogens (tertiary/aromatic N) is 1. The Morgan fingerprint density at radius 3 is 1.21 bits per heavy atom. The van der Waals surface area contributed by atoms with Gasteiger partial charge in [-0.1, -0.05) is 52.0 Å². The molecule has 0 aliphatic carbocycles. The van der Waals surface area contributed by atoms with E-state index >= 15 is 0 Å². The number of hydrogen-bond acceptors (Lipinski definition) is 3. The van der Waals surface area contributed by atoms with Crippen molar-refractivity contribution in [3.63, 3.8) is 0 Å². The maximum Gasteiger partial charge on any atom is 0.402 e. The Hall–Kier alpha value is -1.80. The summed E-state index contributed by atoms with van der Waals surface area (Å²) in [6, 6.07) is 0. The zero-order valence-corrected chi connectivity index (χ0v) is 21.9. The van der Waals surface area contributed by atoms with Crippen molar-refractivity contribution in [2.45, 2.75) is 74.6 Å². The van der Waals surface area contributed by atoms with Gasteiger partial charge in [0.25, 0.3) is 0 Å². The van der Waals surface area contributed by atoms with Gasteiger partial charge in [0.1, 0.15) is 0 Å². The summed E-state index contributed by atoms with van der Waals surface area (Å²) >= 11 is 0. The zero-order chi connectivity index (χ0) is 30.3. The first kappa shape index (κ1) is 38.3. The lowest BCUT2D eigenvalue weighted by atomic mass is 10.0. The third-order valence-corrected chi connectivity index (χ3v) is 6.29. The lowest BCUT2D eigenvalue weighted by Gasteiger charge is -2.35. The Morgan fingerprint density at radius 1 is 0.605 bits per heavy atom. The first-order valence-electron chi connectivity index (χ1n) is 11.6. The van der Waals surface area contributed by atoms with Gasteiger partial charge >= 0.3 is 23.3 Å². The highest BCUT2D eigenvalue weighted by Crippen LogP contribution is 2.50. The van der Waals surface area contributed by atoms with E-state index in [4.69, 9.17) is 0 Å². The van der Waals surface area contributed by atoms with Crippen molar-refractivity contribution in [1.82, 2.24) is 0 Å². The van der Waals surface area contributed by atoms with E-state index in [-0.39, 0.29) is 32.1 Å². The summed E-state index contributed by atoms with van der Waals surface area (Å²) in [4.78, 5) is 0. The Labute approximate surface area is 218 Å². The van der Waals surface area contributed by atoms with Crippen molar-refractivity contribution in [3.8, 4) is 0 Å². The van der Waals surface area contributed by atoms with Gasteiger partial charge in [-0.2, -0.15) is 39.5 Å². The maximum atomic E-state index is 13.2. The van der Waals surface area contributed by atoms with Gasteiger partial charge in [0.15, 0.2) is 10.1 Å². The van der Waals surface area contributed by atoms with E-state index in [0.717, 1.165) is 30.7 Å². The highest BCUT2D eigenvalue weighted by atomic mass is 32.2. The van der Waals surface area contributed by atoms with Crippen LogP contribution >= 0.6 is 0 Å². The standard InChI is InChI=1S/C12H17F9O3S.C12H20N/c13-9(14,11(18,19)12(20,21)25(22,23)24)7-5-3-1-2-4-6-8-10(15,16)17;1-5-9-13(10-6-2,11-7-3)12-8-4/h1-8H2,(H,22,23,24);5-8H,1-4,9-12H2/q;+1/p-1. The molecule has 0 unspecified atom stereocenters. The van der Waals surface area contributed by atoms with Gasteiger partial charge in [-0.05, 0) is 37.1 Å². The first-order valence-corrected chi connectivity index (χ1v) is 13.1. The smallest absolute Gasteiger partial charge is 0.402 e. The maximum absolute atomic E-state index is 13.2. The molecular formula is C24H36F9NO3S. The van der Waals surface area contributed by atoms with Crippen molar-refractivity contribution in [2.75, 3.05) is 26.2 Å². The number of alkyl halides is 9. The molecule has 224 valence electrons. The highest BCUT2D eigenvalue weighted by Gasteiger charge is 2.74. The summed E-state index contributed by atoms with van der Waals surface area (Å²) in [5, 5.41) is -6.47. The van der Waals surface area contributed by atoms with Crippen LogP contribution in [0.2, 0.25) is 0 Å². The van der Waals surface area contributed by atoms with Gasteiger partial charge in [-0.25, -0.2) is 8.42 Å². The van der Waals surface area contributed by atoms with Gasteiger partial charge in [0.2, 0.25) is 0 Å². The molecule has 0 atom stereocenters. The third-order valence-electron chi connectivity index (χ3n) is 5.41. The molecule has 0 heterocycles. The van der Waals surface area contributed by atoms with E-state index in [1.807, 2.05) is 24.3 Å². The largest absolute Gasteiger partial charge is 0.743 e. The molecule has 0 aliphatic rings. The van der Waals surface area contributed by atoms with Gasteiger partial charge in [0.05, 0.1) is 26.2 Å². The number of unbranched alkanes of at least 4 members (excludes halogenated alkanes) is 5. The summed E-state index contributed by atoms with van der Waals surface area (Å²) in [5.74, 6) is -11.8. The molecule has 0 saturated heterocycles. The molecule has 0 aromatic heterocycles. The summed E-state index contributed by atoms with van der Waals surface area (Å²) in [5.41, 5.74) is 0. The predicted molar refractivity (Wildman–Crippen MR) is 128 cm³/mol. The number of rotatable bonds is 19. The average molecular weight is 590 g/mol. The first-order chi connectivity index (χ1) is 17.2. The fourth-order valence-corrected chi connectivity index (χ4v) is 3.91. The van der Waals surface area contributed by atoms with Gasteiger partial charge in [-0.15, -0.1) is 0 Å². The summed E-state index contributed by atoms with van der Waals surface area (Å²) in [6.45, 7) is 18.8. The summed E-state index contributed by atoms with van der Waals surface area (Å²) in [7, 11) is -7.01. The molecule has 0 N–H and O–H groups in total. The number of hydrogen-bond donors (Lipinski definition) is 0. The molecule has 0 aromatic rings. The van der Waals surface area contributed by atoms with Crippen LogP contribution in [-0.2, 0) is 10.1 Å². The molecule has 0 aliphatic heterocycles. The molecule has 38 heavy (non-hydrogen) atoms. The van der Waals surface area contributed by atoms with Crippen molar-refractivity contribution in [3.05, 3.63) is 50.6 Å². The molecule has 14 heteroatoms. The second kappa shape index (κ2) is 16.3. The molecule has 0 aromatic carbocycles. The predicted octanol–water partition coefficient (Wildman–Crippen LogP) is 7.63. The Balaban J connectivity index is 0. The van der Waals surface area contributed by atoms with Crippen LogP contribution in [0.5, 0.6) is 0 Å². The highest BCUT2D eigenvalue weighted by molar-refractivity contribution is 7.86. The Bertz CT molecular complexity index is 796. The van der Waals surface area contributed by atoms with Crippen LogP contribution in [0.3, 0.4) is 0 Å². The minimum absolute atomic E-state index is 0.107. The second-order valence-corrected chi connectivity index (χ2v) is 10.1. The van der Waals surface area contributed by atoms with Crippen LogP contribution in [0.4, 0.5) is 39.5 Å². The van der Waals surface area contributed by atoms with Gasteiger partial charge in [-0.3, -0.25) is 0 Å². The quantitative estimate of drug-likeness (QED) is 0.0512. The lowest BCUT2D eigenvalue weighted by Crippen LogP contribution is -2.57. The molecule has 0 spiro atoms. The van der Waals surface area contributed by atoms with E-state index in [9.17, 15) is 52.5 Å². The van der Waals surface area contributed by atoms with Crippen LogP contribution in [-0.4, -0.2) is 66.9 Å². The fraction of sp³-hybridized carbons (Fsp3) is 0.667. The van der Waals surface area contributed by atoms with Crippen LogP contribution < -0.4 is 0 Å². The molecule has 0 amide bonds. The molecule has 4 nitrogen and oxygen atoms in total. The minimum atomic E-state index is -7.01. The van der Waals surface area contributed by atoms with Crippen LogP contribution in [0.1, 0.15) is 51.4 Å². The van der Waals surface area contributed by atoms with Crippen molar-refractivity contribution in [2.24, 2.45) is 0 Å². The minimum Gasteiger partial charge on any atom is -0.743 e. The number of halogens is 9. The van der Waals surface area contributed by atoms with Crippen molar-refractivity contribution >= 4 is 10.1 Å². The van der Waals surface area contributed by atoms with Crippen LogP contribution in [0.25, 0.3) is 0 Å². The molecule has 0 fully saturated rings. The zero-order valence-electron chi connectivity index (χ0n) is 21.1. The monoisotopic (exact) mass is 589 g/mol. The van der Waals surface area contributed by atoms with Crippen LogP contribution in [0, 0.1) is 0 Å². The van der Waals surface area contributed by atoms with Crippen LogP contribution in [0.15, 0.2) is 50.6 Å². The Kier molecular flexibility index (Phi) is 16.5. The van der Waals surface area contributed by atoms with Gasteiger partial charge in [0, 0.05) is 12.8 Å². The van der Waals surface area contributed by atoms with E-state index in [1.165, 1.54) is 0 Å². The summed E-state index contributed by atoms with van der Waals surface area (Å²) in [6.07, 6.45) is 0.0114. The lowest BCUT2D eigenvalue weighted by molar-refractivity contribution is -0.906. The van der Waals surface area contributed by atoms with Crippen molar-refractivity contribution in [1.29, 1.82) is 0 Å². The molecular weight excluding hydrogens is 553 g/mol. The fourth-order valence-electron chi connectivity index (χ4n) is 3.45. The van der Waals surface area contributed by atoms with Crippen molar-refractivity contribution < 1.29 is 57.0 Å². The number of quaternary nitrogens is 1. The molecule has 0 radical (unpaired) electrons. The Morgan fingerprint density at radius 2 is 0.921 bits per heavy atom. The van der Waals surface area contributed by atoms with E-state index in [1.54, 1.807) is 0 Å². The van der Waals surface area contributed by atoms with E-state index in [0.29, 0.717) is 0 Å². The average Bonchev–Trinajstić information content (AvgIpc) is 2.75. The third kappa shape index (κ3) is 12.8. The topological polar surface area (TPSA) is 57.2 Å². The molecule has 0 rings (SSSR count). The second-order valence-electron chi connectivity index (χ2n) is 8.71.